The maximum absolute atomic E-state index is 10.2. The lowest BCUT2D eigenvalue weighted by Gasteiger charge is -2.30. The smallest absolute Gasteiger partial charge is 0.172 e. The van der Waals surface area contributed by atoms with Gasteiger partial charge in [0.1, 0.15) is 6.54 Å². The third-order valence-electron chi connectivity index (χ3n) is 3.82. The van der Waals surface area contributed by atoms with E-state index in [0.717, 1.165) is 24.8 Å². The molecule has 4 nitrogen and oxygen atoms in total. The van der Waals surface area contributed by atoms with Crippen molar-refractivity contribution in [3.8, 4) is 0 Å². The monoisotopic (exact) mass is 259 g/mol. The summed E-state index contributed by atoms with van der Waals surface area (Å²) in [7, 11) is 0. The summed E-state index contributed by atoms with van der Waals surface area (Å²) in [6.07, 6.45) is 4.91. The highest BCUT2D eigenvalue weighted by atomic mass is 16.7. The number of nitrogens with zero attached hydrogens (tertiary/aromatic N) is 1. The van der Waals surface area contributed by atoms with E-state index in [0.29, 0.717) is 13.2 Å². The van der Waals surface area contributed by atoms with Gasteiger partial charge in [-0.3, -0.25) is 0 Å². The SMILES string of the molecule is O=NCc1ccc(C2=CCC3(CC2)OCCO3)cc1. The van der Waals surface area contributed by atoms with Crippen LogP contribution in [0.25, 0.3) is 5.57 Å². The van der Waals surface area contributed by atoms with Gasteiger partial charge in [-0.25, -0.2) is 0 Å². The Morgan fingerprint density at radius 1 is 1.16 bits per heavy atom. The maximum atomic E-state index is 10.2. The number of allylic oxidation sites excluding steroid dienone is 1. The summed E-state index contributed by atoms with van der Waals surface area (Å²) in [6, 6.07) is 8.04. The zero-order chi connectivity index (χ0) is 13.1. The van der Waals surface area contributed by atoms with Gasteiger partial charge in [-0.2, -0.15) is 4.91 Å². The summed E-state index contributed by atoms with van der Waals surface area (Å²) in [6.45, 7) is 1.65. The largest absolute Gasteiger partial charge is 0.347 e. The van der Waals surface area contributed by atoms with Crippen molar-refractivity contribution in [2.75, 3.05) is 13.2 Å². The number of benzene rings is 1. The predicted molar refractivity (Wildman–Crippen MR) is 72.4 cm³/mol. The van der Waals surface area contributed by atoms with Gasteiger partial charge in [0.25, 0.3) is 0 Å². The summed E-state index contributed by atoms with van der Waals surface area (Å²) in [5.41, 5.74) is 3.49. The minimum Gasteiger partial charge on any atom is -0.347 e. The van der Waals surface area contributed by atoms with Crippen molar-refractivity contribution >= 4 is 5.57 Å². The molecule has 100 valence electrons. The molecule has 1 aliphatic carbocycles. The van der Waals surface area contributed by atoms with Gasteiger partial charge in [0, 0.05) is 12.8 Å². The number of hydrogen-bond acceptors (Lipinski definition) is 4. The van der Waals surface area contributed by atoms with Crippen molar-refractivity contribution in [3.63, 3.8) is 0 Å². The molecule has 19 heavy (non-hydrogen) atoms. The van der Waals surface area contributed by atoms with Gasteiger partial charge in [0.2, 0.25) is 0 Å². The summed E-state index contributed by atoms with van der Waals surface area (Å²) in [5.74, 6) is -0.356. The first kappa shape index (κ1) is 12.5. The van der Waals surface area contributed by atoms with Crippen molar-refractivity contribution in [1.82, 2.24) is 0 Å². The highest BCUT2D eigenvalue weighted by molar-refractivity contribution is 5.66. The lowest BCUT2D eigenvalue weighted by atomic mass is 9.89. The summed E-state index contributed by atoms with van der Waals surface area (Å²) in [5, 5.41) is 2.90. The fourth-order valence-electron chi connectivity index (χ4n) is 2.73. The Kier molecular flexibility index (Phi) is 3.44. The number of ether oxygens (including phenoxy) is 2. The average Bonchev–Trinajstić information content (AvgIpc) is 2.90. The average molecular weight is 259 g/mol. The Bertz CT molecular complexity index is 487. The third kappa shape index (κ3) is 2.60. The summed E-state index contributed by atoms with van der Waals surface area (Å²) >= 11 is 0. The Hall–Kier alpha value is -1.52. The molecular weight excluding hydrogens is 242 g/mol. The van der Waals surface area contributed by atoms with Crippen LogP contribution in [0.5, 0.6) is 0 Å². The number of hydrogen-bond donors (Lipinski definition) is 0. The fourth-order valence-corrected chi connectivity index (χ4v) is 2.73. The Morgan fingerprint density at radius 2 is 1.89 bits per heavy atom. The van der Waals surface area contributed by atoms with Crippen LogP contribution < -0.4 is 0 Å². The predicted octanol–water partition coefficient (Wildman–Crippen LogP) is 3.26. The van der Waals surface area contributed by atoms with Crippen LogP contribution in [0.1, 0.15) is 30.4 Å². The molecule has 0 radical (unpaired) electrons. The lowest BCUT2D eigenvalue weighted by Crippen LogP contribution is -2.31. The normalized spacial score (nSPS) is 21.4. The van der Waals surface area contributed by atoms with Crippen molar-refractivity contribution in [1.29, 1.82) is 0 Å². The van der Waals surface area contributed by atoms with Crippen LogP contribution in [-0.4, -0.2) is 19.0 Å². The van der Waals surface area contributed by atoms with Crippen LogP contribution in [0.2, 0.25) is 0 Å². The van der Waals surface area contributed by atoms with Gasteiger partial charge < -0.3 is 9.47 Å². The molecule has 4 heteroatoms. The highest BCUT2D eigenvalue weighted by Crippen LogP contribution is 2.38. The van der Waals surface area contributed by atoms with Gasteiger partial charge in [0.15, 0.2) is 5.79 Å². The molecule has 1 fully saturated rings. The Labute approximate surface area is 112 Å². The zero-order valence-corrected chi connectivity index (χ0v) is 10.8. The van der Waals surface area contributed by atoms with E-state index in [-0.39, 0.29) is 12.3 Å². The van der Waals surface area contributed by atoms with E-state index in [1.807, 2.05) is 12.1 Å². The quantitative estimate of drug-likeness (QED) is 0.783. The van der Waals surface area contributed by atoms with E-state index < -0.39 is 0 Å². The van der Waals surface area contributed by atoms with E-state index in [2.05, 4.69) is 23.4 Å². The molecule has 3 rings (SSSR count). The standard InChI is InChI=1S/C15H17NO3/c17-16-11-12-1-3-13(4-2-12)14-5-7-15(8-6-14)18-9-10-19-15/h1-5H,6-11H2. The second kappa shape index (κ2) is 5.23. The minimum atomic E-state index is -0.356. The second-order valence-corrected chi connectivity index (χ2v) is 5.03. The van der Waals surface area contributed by atoms with Crippen LogP contribution in [-0.2, 0) is 16.0 Å². The lowest BCUT2D eigenvalue weighted by molar-refractivity contribution is -0.159. The van der Waals surface area contributed by atoms with Crippen LogP contribution in [0.15, 0.2) is 35.5 Å². The molecule has 0 unspecified atom stereocenters. The number of rotatable bonds is 3. The van der Waals surface area contributed by atoms with E-state index >= 15 is 0 Å². The van der Waals surface area contributed by atoms with Crippen LogP contribution in [0, 0.1) is 4.91 Å². The molecule has 1 aromatic rings. The highest BCUT2D eigenvalue weighted by Gasteiger charge is 2.37. The minimum absolute atomic E-state index is 0.240. The second-order valence-electron chi connectivity index (χ2n) is 5.03. The fraction of sp³-hybridized carbons (Fsp3) is 0.467. The number of nitroso groups, excluding NO2 is 1. The Morgan fingerprint density at radius 3 is 2.47 bits per heavy atom. The van der Waals surface area contributed by atoms with E-state index in [4.69, 9.17) is 9.47 Å². The van der Waals surface area contributed by atoms with E-state index in [9.17, 15) is 4.91 Å². The van der Waals surface area contributed by atoms with E-state index in [1.165, 1.54) is 11.1 Å². The van der Waals surface area contributed by atoms with Crippen LogP contribution in [0.4, 0.5) is 0 Å². The van der Waals surface area contributed by atoms with Gasteiger partial charge >= 0.3 is 0 Å². The first-order valence-electron chi connectivity index (χ1n) is 6.67. The molecule has 1 aromatic carbocycles. The van der Waals surface area contributed by atoms with Gasteiger partial charge in [0.05, 0.1) is 13.2 Å². The molecule has 1 aliphatic heterocycles. The molecular formula is C15H17NO3. The van der Waals surface area contributed by atoms with Gasteiger partial charge in [-0.15, -0.1) is 0 Å². The molecule has 0 N–H and O–H groups in total. The maximum Gasteiger partial charge on any atom is 0.172 e. The van der Waals surface area contributed by atoms with Crippen LogP contribution >= 0.6 is 0 Å². The molecule has 0 amide bonds. The molecule has 2 aliphatic rings. The topological polar surface area (TPSA) is 47.9 Å². The van der Waals surface area contributed by atoms with Crippen LogP contribution in [0.3, 0.4) is 0 Å². The van der Waals surface area contributed by atoms with Crippen molar-refractivity contribution < 1.29 is 9.47 Å². The first-order valence-corrected chi connectivity index (χ1v) is 6.67. The van der Waals surface area contributed by atoms with Gasteiger partial charge in [-0.05, 0) is 23.1 Å². The zero-order valence-electron chi connectivity index (χ0n) is 10.8. The van der Waals surface area contributed by atoms with Crippen molar-refractivity contribution in [2.24, 2.45) is 5.18 Å². The van der Waals surface area contributed by atoms with Crippen molar-refractivity contribution in [2.45, 2.75) is 31.6 Å². The third-order valence-corrected chi connectivity index (χ3v) is 3.82. The van der Waals surface area contributed by atoms with Gasteiger partial charge in [-0.1, -0.05) is 35.5 Å². The molecule has 0 aromatic heterocycles. The van der Waals surface area contributed by atoms with E-state index in [1.54, 1.807) is 0 Å². The molecule has 0 saturated carbocycles. The molecule has 1 saturated heterocycles. The first-order chi connectivity index (χ1) is 9.31. The molecule has 0 bridgehead atoms. The molecule has 0 atom stereocenters. The summed E-state index contributed by atoms with van der Waals surface area (Å²) in [4.78, 5) is 10.2. The van der Waals surface area contributed by atoms with Crippen molar-refractivity contribution in [3.05, 3.63) is 46.4 Å². The molecule has 1 heterocycles. The molecule has 1 spiro atoms. The Balaban J connectivity index is 1.72. The summed E-state index contributed by atoms with van der Waals surface area (Å²) < 4.78 is 11.4.